The van der Waals surface area contributed by atoms with Crippen molar-refractivity contribution < 1.29 is 4.74 Å². The Morgan fingerprint density at radius 3 is 2.94 bits per heavy atom. The van der Waals surface area contributed by atoms with Crippen LogP contribution in [0.2, 0.25) is 5.15 Å². The first-order valence-corrected chi connectivity index (χ1v) is 5.85. The zero-order chi connectivity index (χ0) is 13.0. The topological polar surface area (TPSA) is 64.9 Å². The summed E-state index contributed by atoms with van der Waals surface area (Å²) >= 11 is 5.90. The lowest BCUT2D eigenvalue weighted by atomic mass is 10.3. The molecule has 0 aliphatic heterocycles. The summed E-state index contributed by atoms with van der Waals surface area (Å²) in [6.45, 7) is 0.712. The summed E-state index contributed by atoms with van der Waals surface area (Å²) in [4.78, 5) is 7.96. The van der Waals surface area contributed by atoms with Gasteiger partial charge in [0.1, 0.15) is 6.33 Å². The van der Waals surface area contributed by atoms with Crippen LogP contribution in [0.15, 0.2) is 18.6 Å². The number of hydrogen-bond acceptors (Lipinski definition) is 5. The third-order valence-corrected chi connectivity index (χ3v) is 2.83. The van der Waals surface area contributed by atoms with Gasteiger partial charge in [0, 0.05) is 31.9 Å². The first kappa shape index (κ1) is 12.6. The predicted molar refractivity (Wildman–Crippen MR) is 69.0 cm³/mol. The minimum Gasteiger partial charge on any atom is -0.490 e. The number of nitrogens with zero attached hydrogens (tertiary/aromatic N) is 4. The molecule has 0 unspecified atom stereocenters. The van der Waals surface area contributed by atoms with Gasteiger partial charge in [-0.1, -0.05) is 11.6 Å². The van der Waals surface area contributed by atoms with Crippen LogP contribution in [0.3, 0.4) is 0 Å². The van der Waals surface area contributed by atoms with Crippen LogP contribution in [-0.2, 0) is 13.5 Å². The number of aromatic nitrogens is 4. The Hall–Kier alpha value is -1.82. The smallest absolute Gasteiger partial charge is 0.198 e. The Balaban J connectivity index is 1.98. The second-order valence-electron chi connectivity index (χ2n) is 3.67. The largest absolute Gasteiger partial charge is 0.490 e. The van der Waals surface area contributed by atoms with Crippen molar-refractivity contribution in [3.05, 3.63) is 29.4 Å². The van der Waals surface area contributed by atoms with Crippen molar-refractivity contribution in [2.75, 3.05) is 19.0 Å². The van der Waals surface area contributed by atoms with E-state index in [0.29, 0.717) is 23.3 Å². The van der Waals surface area contributed by atoms with Crippen molar-refractivity contribution in [2.45, 2.75) is 6.42 Å². The van der Waals surface area contributed by atoms with Crippen molar-refractivity contribution in [3.63, 3.8) is 0 Å². The molecule has 2 aromatic heterocycles. The van der Waals surface area contributed by atoms with E-state index in [1.54, 1.807) is 6.20 Å². The molecule has 7 heteroatoms. The highest BCUT2D eigenvalue weighted by atomic mass is 35.5. The molecule has 1 N–H and O–H groups in total. The summed E-state index contributed by atoms with van der Waals surface area (Å²) < 4.78 is 6.99. The van der Waals surface area contributed by atoms with E-state index in [9.17, 15) is 0 Å². The fourth-order valence-corrected chi connectivity index (χ4v) is 1.82. The molecule has 96 valence electrons. The Bertz CT molecular complexity index is 528. The van der Waals surface area contributed by atoms with Crippen LogP contribution in [-0.4, -0.2) is 33.4 Å². The Labute approximate surface area is 110 Å². The van der Waals surface area contributed by atoms with Gasteiger partial charge in [-0.05, 0) is 6.07 Å². The summed E-state index contributed by atoms with van der Waals surface area (Å²) in [5.74, 6) is 1.06. The molecule has 0 bridgehead atoms. The standard InChI is InChI=1S/C11H14ClN5O/c1-17-8(4-6-16-17)3-5-13-11-9(18-2)10(12)14-7-15-11/h4,6-7H,3,5H2,1-2H3,(H,13,14,15). The molecule has 0 saturated heterocycles. The Morgan fingerprint density at radius 2 is 2.28 bits per heavy atom. The number of anilines is 1. The number of halogens is 1. The average Bonchev–Trinajstić information content (AvgIpc) is 2.75. The highest BCUT2D eigenvalue weighted by molar-refractivity contribution is 6.31. The summed E-state index contributed by atoms with van der Waals surface area (Å²) in [7, 11) is 3.45. The molecule has 2 heterocycles. The number of nitrogens with one attached hydrogen (secondary N) is 1. The minimum absolute atomic E-state index is 0.301. The second kappa shape index (κ2) is 5.68. The van der Waals surface area contributed by atoms with Gasteiger partial charge in [0.15, 0.2) is 16.7 Å². The lowest BCUT2D eigenvalue weighted by molar-refractivity contribution is 0.413. The molecule has 0 aliphatic rings. The van der Waals surface area contributed by atoms with E-state index >= 15 is 0 Å². The highest BCUT2D eigenvalue weighted by Crippen LogP contribution is 2.28. The summed E-state index contributed by atoms with van der Waals surface area (Å²) in [6, 6.07) is 1.98. The summed E-state index contributed by atoms with van der Waals surface area (Å²) in [6.07, 6.45) is 4.01. The molecule has 0 atom stereocenters. The fraction of sp³-hybridized carbons (Fsp3) is 0.364. The molecule has 2 aromatic rings. The number of rotatable bonds is 5. The normalized spacial score (nSPS) is 10.4. The van der Waals surface area contributed by atoms with E-state index in [2.05, 4.69) is 20.4 Å². The molecule has 0 radical (unpaired) electrons. The number of ether oxygens (including phenoxy) is 1. The number of aryl methyl sites for hydroxylation is 1. The van der Waals surface area contributed by atoms with E-state index in [4.69, 9.17) is 16.3 Å². The lowest BCUT2D eigenvalue weighted by Crippen LogP contribution is -2.10. The summed E-state index contributed by atoms with van der Waals surface area (Å²) in [5, 5.41) is 7.58. The molecule has 0 fully saturated rings. The van der Waals surface area contributed by atoms with Gasteiger partial charge in [-0.15, -0.1) is 0 Å². The average molecular weight is 268 g/mol. The molecule has 18 heavy (non-hydrogen) atoms. The van der Waals surface area contributed by atoms with Gasteiger partial charge in [0.2, 0.25) is 0 Å². The predicted octanol–water partition coefficient (Wildman–Crippen LogP) is 1.53. The van der Waals surface area contributed by atoms with Crippen LogP contribution < -0.4 is 10.1 Å². The maximum atomic E-state index is 5.90. The maximum absolute atomic E-state index is 5.90. The Kier molecular flexibility index (Phi) is 3.99. The van der Waals surface area contributed by atoms with E-state index in [0.717, 1.165) is 12.1 Å². The number of methoxy groups -OCH3 is 1. The van der Waals surface area contributed by atoms with Crippen LogP contribution in [0.5, 0.6) is 5.75 Å². The second-order valence-corrected chi connectivity index (χ2v) is 4.03. The van der Waals surface area contributed by atoms with Gasteiger partial charge >= 0.3 is 0 Å². The van der Waals surface area contributed by atoms with Crippen LogP contribution in [0.25, 0.3) is 0 Å². The SMILES string of the molecule is COc1c(Cl)ncnc1NCCc1ccnn1C. The van der Waals surface area contributed by atoms with Crippen molar-refractivity contribution in [3.8, 4) is 5.75 Å². The van der Waals surface area contributed by atoms with Gasteiger partial charge in [0.05, 0.1) is 7.11 Å². The van der Waals surface area contributed by atoms with Crippen LogP contribution in [0.4, 0.5) is 5.82 Å². The van der Waals surface area contributed by atoms with Gasteiger partial charge < -0.3 is 10.1 Å². The van der Waals surface area contributed by atoms with E-state index in [1.807, 2.05) is 17.8 Å². The molecule has 0 amide bonds. The third kappa shape index (κ3) is 2.70. The lowest BCUT2D eigenvalue weighted by Gasteiger charge is -2.10. The first-order chi connectivity index (χ1) is 8.72. The van der Waals surface area contributed by atoms with E-state index in [1.165, 1.54) is 13.4 Å². The number of hydrogen-bond donors (Lipinski definition) is 1. The van der Waals surface area contributed by atoms with Gasteiger partial charge in [-0.25, -0.2) is 9.97 Å². The molecule has 2 rings (SSSR count). The third-order valence-electron chi connectivity index (χ3n) is 2.56. The van der Waals surface area contributed by atoms with E-state index < -0.39 is 0 Å². The minimum atomic E-state index is 0.301. The molecule has 6 nitrogen and oxygen atoms in total. The summed E-state index contributed by atoms with van der Waals surface area (Å²) in [5.41, 5.74) is 1.14. The van der Waals surface area contributed by atoms with Gasteiger partial charge in [0.25, 0.3) is 0 Å². The molecule has 0 aliphatic carbocycles. The van der Waals surface area contributed by atoms with Gasteiger partial charge in [-0.2, -0.15) is 5.10 Å². The molecular weight excluding hydrogens is 254 g/mol. The Morgan fingerprint density at radius 1 is 1.44 bits per heavy atom. The first-order valence-electron chi connectivity index (χ1n) is 5.47. The molecule has 0 saturated carbocycles. The van der Waals surface area contributed by atoms with Gasteiger partial charge in [-0.3, -0.25) is 4.68 Å². The van der Waals surface area contributed by atoms with Crippen molar-refractivity contribution >= 4 is 17.4 Å². The van der Waals surface area contributed by atoms with Crippen LogP contribution in [0.1, 0.15) is 5.69 Å². The van der Waals surface area contributed by atoms with Crippen molar-refractivity contribution in [1.82, 2.24) is 19.7 Å². The maximum Gasteiger partial charge on any atom is 0.198 e. The zero-order valence-electron chi connectivity index (χ0n) is 10.2. The zero-order valence-corrected chi connectivity index (χ0v) is 11.0. The molecule has 0 spiro atoms. The van der Waals surface area contributed by atoms with Crippen molar-refractivity contribution in [2.24, 2.45) is 7.05 Å². The van der Waals surface area contributed by atoms with Crippen molar-refractivity contribution in [1.29, 1.82) is 0 Å². The van der Waals surface area contributed by atoms with E-state index in [-0.39, 0.29) is 0 Å². The highest BCUT2D eigenvalue weighted by Gasteiger charge is 2.09. The van der Waals surface area contributed by atoms with Crippen LogP contribution in [0, 0.1) is 0 Å². The molecular formula is C11H14ClN5O. The molecule has 0 aromatic carbocycles. The quantitative estimate of drug-likeness (QED) is 0.833. The fourth-order valence-electron chi connectivity index (χ4n) is 1.61. The van der Waals surface area contributed by atoms with Crippen LogP contribution >= 0.6 is 11.6 Å². The monoisotopic (exact) mass is 267 g/mol.